The maximum Gasteiger partial charge on any atom is 0.254 e. The van der Waals surface area contributed by atoms with Crippen LogP contribution in [0.4, 0.5) is 0 Å². The Morgan fingerprint density at radius 2 is 1.88 bits per heavy atom. The smallest absolute Gasteiger partial charge is 0.254 e. The quantitative estimate of drug-likeness (QED) is 0.470. The zero-order valence-electron chi connectivity index (χ0n) is 14.6. The van der Waals surface area contributed by atoms with Crippen LogP contribution in [0, 0.1) is 6.92 Å². The number of hydrogen-bond acceptors (Lipinski definition) is 4. The third-order valence-corrected chi connectivity index (χ3v) is 3.85. The van der Waals surface area contributed by atoms with E-state index in [1.165, 1.54) is 10.5 Å². The first kappa shape index (κ1) is 18.7. The number of carbonyl (C=O) groups excluding carboxylic acids is 1. The third-order valence-electron chi connectivity index (χ3n) is 3.62. The molecule has 130 valence electrons. The SMILES string of the molecule is C=C(O)CN(C(=O)/C(C)=C/c1ccc(-c2ccc(C)cc2)o1)C(C)=S. The van der Waals surface area contributed by atoms with Gasteiger partial charge in [0.15, 0.2) is 0 Å². The fourth-order valence-electron chi connectivity index (χ4n) is 2.30. The van der Waals surface area contributed by atoms with Crippen molar-refractivity contribution in [3.05, 3.63) is 65.6 Å². The minimum atomic E-state index is -0.295. The number of nitrogens with zero attached hydrogens (tertiary/aromatic N) is 1. The summed E-state index contributed by atoms with van der Waals surface area (Å²) in [5.41, 5.74) is 2.61. The summed E-state index contributed by atoms with van der Waals surface area (Å²) in [6, 6.07) is 11.7. The van der Waals surface area contributed by atoms with Gasteiger partial charge in [0.25, 0.3) is 5.91 Å². The van der Waals surface area contributed by atoms with E-state index in [9.17, 15) is 9.90 Å². The van der Waals surface area contributed by atoms with Crippen LogP contribution in [0.3, 0.4) is 0 Å². The van der Waals surface area contributed by atoms with Crippen molar-refractivity contribution in [3.63, 3.8) is 0 Å². The number of aliphatic hydroxyl groups excluding tert-OH is 1. The molecule has 2 rings (SSSR count). The topological polar surface area (TPSA) is 53.7 Å². The molecule has 0 saturated carbocycles. The van der Waals surface area contributed by atoms with Crippen LogP contribution in [0.2, 0.25) is 0 Å². The summed E-state index contributed by atoms with van der Waals surface area (Å²) in [5.74, 6) is 0.894. The van der Waals surface area contributed by atoms with Crippen molar-refractivity contribution in [2.45, 2.75) is 20.8 Å². The highest BCUT2D eigenvalue weighted by Crippen LogP contribution is 2.24. The lowest BCUT2D eigenvalue weighted by Gasteiger charge is -2.20. The summed E-state index contributed by atoms with van der Waals surface area (Å²) in [6.45, 7) is 8.73. The van der Waals surface area contributed by atoms with E-state index < -0.39 is 0 Å². The molecule has 1 aromatic heterocycles. The Balaban J connectivity index is 2.21. The Morgan fingerprint density at radius 1 is 1.24 bits per heavy atom. The van der Waals surface area contributed by atoms with Crippen molar-refractivity contribution >= 4 is 29.2 Å². The lowest BCUT2D eigenvalue weighted by molar-refractivity contribution is -0.123. The highest BCUT2D eigenvalue weighted by molar-refractivity contribution is 7.80. The van der Waals surface area contributed by atoms with Crippen LogP contribution in [-0.2, 0) is 4.79 Å². The summed E-state index contributed by atoms with van der Waals surface area (Å²) in [7, 11) is 0. The first-order chi connectivity index (χ1) is 11.8. The first-order valence-corrected chi connectivity index (χ1v) is 8.23. The molecule has 0 radical (unpaired) electrons. The second-order valence-electron chi connectivity index (χ2n) is 5.87. The van der Waals surface area contributed by atoms with Gasteiger partial charge in [0.1, 0.15) is 17.3 Å². The fraction of sp³-hybridized carbons (Fsp3) is 0.200. The molecule has 0 spiro atoms. The molecule has 1 N–H and O–H groups in total. The summed E-state index contributed by atoms with van der Waals surface area (Å²) in [4.78, 5) is 14.2. The van der Waals surface area contributed by atoms with Crippen LogP contribution >= 0.6 is 12.2 Å². The first-order valence-electron chi connectivity index (χ1n) is 7.82. The number of aliphatic hydroxyl groups is 1. The van der Waals surface area contributed by atoms with E-state index in [1.807, 2.05) is 43.3 Å². The molecule has 0 saturated heterocycles. The molecule has 5 heteroatoms. The summed E-state index contributed by atoms with van der Waals surface area (Å²) in [6.07, 6.45) is 1.66. The van der Waals surface area contributed by atoms with Crippen molar-refractivity contribution < 1.29 is 14.3 Å². The number of rotatable bonds is 5. The van der Waals surface area contributed by atoms with Crippen molar-refractivity contribution in [1.29, 1.82) is 0 Å². The highest BCUT2D eigenvalue weighted by atomic mass is 32.1. The van der Waals surface area contributed by atoms with Crippen LogP contribution in [-0.4, -0.2) is 27.4 Å². The zero-order valence-corrected chi connectivity index (χ0v) is 15.4. The molecular weight excluding hydrogens is 334 g/mol. The van der Waals surface area contributed by atoms with Crippen LogP contribution in [0.15, 0.2) is 58.7 Å². The van der Waals surface area contributed by atoms with E-state index in [-0.39, 0.29) is 18.2 Å². The van der Waals surface area contributed by atoms with Crippen molar-refractivity contribution in [3.8, 4) is 11.3 Å². The maximum absolute atomic E-state index is 12.5. The molecule has 1 amide bonds. The maximum atomic E-state index is 12.5. The van der Waals surface area contributed by atoms with E-state index in [4.69, 9.17) is 16.6 Å². The van der Waals surface area contributed by atoms with Crippen molar-refractivity contribution in [2.24, 2.45) is 0 Å². The number of aryl methyl sites for hydroxylation is 1. The number of amides is 1. The molecule has 0 bridgehead atoms. The summed E-state index contributed by atoms with van der Waals surface area (Å²) >= 11 is 5.08. The number of carbonyl (C=O) groups is 1. The molecule has 1 aromatic carbocycles. The van der Waals surface area contributed by atoms with Gasteiger partial charge in [-0.2, -0.15) is 0 Å². The molecule has 0 unspecified atom stereocenters. The van der Waals surface area contributed by atoms with Crippen LogP contribution < -0.4 is 0 Å². The highest BCUT2D eigenvalue weighted by Gasteiger charge is 2.18. The lowest BCUT2D eigenvalue weighted by Crippen LogP contribution is -2.36. The number of furan rings is 1. The average molecular weight is 355 g/mol. The van der Waals surface area contributed by atoms with Gasteiger partial charge in [-0.25, -0.2) is 0 Å². The van der Waals surface area contributed by atoms with Gasteiger partial charge >= 0.3 is 0 Å². The standard InChI is InChI=1S/C20H21NO3S/c1-13-5-7-17(8-6-13)19-10-9-18(24-19)11-14(2)20(23)21(16(4)25)12-15(3)22/h5-11,22H,3,12H2,1-2,4H3/b14-11+. The predicted molar refractivity (Wildman–Crippen MR) is 104 cm³/mol. The van der Waals surface area contributed by atoms with E-state index in [2.05, 4.69) is 6.58 Å². The van der Waals surface area contributed by atoms with Gasteiger partial charge in [-0.1, -0.05) is 48.6 Å². The second kappa shape index (κ2) is 7.94. The molecule has 4 nitrogen and oxygen atoms in total. The number of hydrogen-bond donors (Lipinski definition) is 1. The molecule has 0 atom stereocenters. The van der Waals surface area contributed by atoms with Crippen LogP contribution in [0.1, 0.15) is 25.2 Å². The Morgan fingerprint density at radius 3 is 2.44 bits per heavy atom. The average Bonchev–Trinajstić information content (AvgIpc) is 3.00. The van der Waals surface area contributed by atoms with E-state index in [0.717, 1.165) is 11.3 Å². The van der Waals surface area contributed by atoms with Gasteiger partial charge in [-0.3, -0.25) is 9.69 Å². The molecule has 2 aromatic rings. The van der Waals surface area contributed by atoms with Crippen molar-refractivity contribution in [2.75, 3.05) is 6.54 Å². The Kier molecular flexibility index (Phi) is 5.93. The number of thiocarbonyl (C=S) groups is 1. The van der Waals surface area contributed by atoms with E-state index in [1.54, 1.807) is 19.9 Å². The van der Waals surface area contributed by atoms with Gasteiger partial charge in [-0.15, -0.1) is 0 Å². The fourth-order valence-corrected chi connectivity index (χ4v) is 2.45. The second-order valence-corrected chi connectivity index (χ2v) is 6.46. The van der Waals surface area contributed by atoms with Gasteiger partial charge in [0.2, 0.25) is 0 Å². The van der Waals surface area contributed by atoms with Gasteiger partial charge in [0, 0.05) is 11.1 Å². The Labute approximate surface area is 153 Å². The van der Waals surface area contributed by atoms with Crippen LogP contribution in [0.5, 0.6) is 0 Å². The number of benzene rings is 1. The lowest BCUT2D eigenvalue weighted by atomic mass is 10.1. The van der Waals surface area contributed by atoms with Crippen molar-refractivity contribution in [1.82, 2.24) is 4.90 Å². The molecule has 1 heterocycles. The molecule has 0 fully saturated rings. The van der Waals surface area contributed by atoms with E-state index >= 15 is 0 Å². The largest absolute Gasteiger partial charge is 0.511 e. The minimum Gasteiger partial charge on any atom is -0.511 e. The monoisotopic (exact) mass is 355 g/mol. The van der Waals surface area contributed by atoms with Crippen LogP contribution in [0.25, 0.3) is 17.4 Å². The molecule has 25 heavy (non-hydrogen) atoms. The van der Waals surface area contributed by atoms with Gasteiger partial charge in [-0.05, 0) is 39.0 Å². The normalized spacial score (nSPS) is 11.2. The zero-order chi connectivity index (χ0) is 18.6. The summed E-state index contributed by atoms with van der Waals surface area (Å²) < 4.78 is 5.80. The van der Waals surface area contributed by atoms with E-state index in [0.29, 0.717) is 16.3 Å². The molecule has 0 aliphatic rings. The molecule has 0 aliphatic heterocycles. The van der Waals surface area contributed by atoms with Gasteiger partial charge in [0.05, 0.1) is 11.5 Å². The Hall–Kier alpha value is -2.66. The molecule has 0 aliphatic carbocycles. The predicted octanol–water partition coefficient (Wildman–Crippen LogP) is 4.91. The third kappa shape index (κ3) is 4.90. The molecular formula is C20H21NO3S. The van der Waals surface area contributed by atoms with Gasteiger partial charge < -0.3 is 9.52 Å². The Bertz CT molecular complexity index is 831. The summed E-state index contributed by atoms with van der Waals surface area (Å²) in [5, 5.41) is 9.35. The minimum absolute atomic E-state index is 0.0217.